The van der Waals surface area contributed by atoms with E-state index < -0.39 is 29.9 Å². The number of carbonyl (C=O) groups excluding carboxylic acids is 1. The molecule has 2 aromatic rings. The summed E-state index contributed by atoms with van der Waals surface area (Å²) < 4.78 is 4.96. The van der Waals surface area contributed by atoms with Crippen molar-refractivity contribution in [1.82, 2.24) is 0 Å². The molecule has 2 rings (SSSR count). The van der Waals surface area contributed by atoms with Gasteiger partial charge in [-0.2, -0.15) is 0 Å². The summed E-state index contributed by atoms with van der Waals surface area (Å²) >= 11 is 0. The van der Waals surface area contributed by atoms with Crippen molar-refractivity contribution in [2.75, 3.05) is 0 Å². The molecule has 2 atom stereocenters. The van der Waals surface area contributed by atoms with Crippen LogP contribution in [0.4, 0.5) is 0 Å². The molecule has 0 saturated heterocycles. The minimum Gasteiger partial charge on any atom is -0.480 e. The highest BCUT2D eigenvalue weighted by Gasteiger charge is 2.34. The van der Waals surface area contributed by atoms with Crippen LogP contribution in [0.1, 0.15) is 23.1 Å². The molecule has 2 N–H and O–H groups in total. The number of esters is 1. The van der Waals surface area contributed by atoms with Crippen LogP contribution >= 0.6 is 0 Å². The molecular formula is C17H14O6. The first kappa shape index (κ1) is 16.2. The number of carboxylic acid groups (broad SMARTS) is 2. The van der Waals surface area contributed by atoms with E-state index in [9.17, 15) is 24.6 Å². The molecule has 2 unspecified atom stereocenters. The zero-order valence-corrected chi connectivity index (χ0v) is 12.0. The number of carboxylic acids is 2. The minimum absolute atomic E-state index is 0.224. The van der Waals surface area contributed by atoms with E-state index in [2.05, 4.69) is 0 Å². The molecule has 2 aromatic carbocycles. The first-order valence-corrected chi connectivity index (χ1v) is 6.76. The van der Waals surface area contributed by atoms with E-state index in [0.29, 0.717) is 0 Å². The molecule has 118 valence electrons. The van der Waals surface area contributed by atoms with E-state index in [0.717, 1.165) is 0 Å². The van der Waals surface area contributed by atoms with Crippen LogP contribution in [0.25, 0.3) is 0 Å². The zero-order valence-electron chi connectivity index (χ0n) is 12.0. The fourth-order valence-corrected chi connectivity index (χ4v) is 2.10. The molecule has 6 nitrogen and oxygen atoms in total. The maximum absolute atomic E-state index is 12.2. The summed E-state index contributed by atoms with van der Waals surface area (Å²) in [6, 6.07) is 15.7. The van der Waals surface area contributed by atoms with Gasteiger partial charge in [-0.3, -0.25) is 9.59 Å². The first-order valence-electron chi connectivity index (χ1n) is 6.76. The van der Waals surface area contributed by atoms with Gasteiger partial charge >= 0.3 is 17.9 Å². The SMILES string of the molecule is O=C(O)C(OC(=O)C(C(=O)O)c1ccccc1)c1ccccc1. The Hall–Kier alpha value is -3.15. The lowest BCUT2D eigenvalue weighted by Crippen LogP contribution is -2.28. The number of benzene rings is 2. The van der Waals surface area contributed by atoms with Crippen molar-refractivity contribution < 1.29 is 29.3 Å². The van der Waals surface area contributed by atoms with Gasteiger partial charge in [0, 0.05) is 5.56 Å². The molecule has 0 radical (unpaired) electrons. The van der Waals surface area contributed by atoms with Gasteiger partial charge in [0.2, 0.25) is 6.10 Å². The van der Waals surface area contributed by atoms with Gasteiger partial charge in [0.05, 0.1) is 0 Å². The second-order valence-electron chi connectivity index (χ2n) is 4.75. The van der Waals surface area contributed by atoms with Gasteiger partial charge in [0.1, 0.15) is 0 Å². The highest BCUT2D eigenvalue weighted by atomic mass is 16.6. The van der Waals surface area contributed by atoms with Crippen LogP contribution in [0, 0.1) is 0 Å². The Morgan fingerprint density at radius 3 is 1.65 bits per heavy atom. The Labute approximate surface area is 131 Å². The summed E-state index contributed by atoms with van der Waals surface area (Å²) in [5.41, 5.74) is 0.479. The molecule has 0 aliphatic heterocycles. The Kier molecular flexibility index (Phi) is 5.09. The number of rotatable bonds is 6. The summed E-state index contributed by atoms with van der Waals surface area (Å²) in [7, 11) is 0. The molecule has 0 amide bonds. The highest BCUT2D eigenvalue weighted by Crippen LogP contribution is 2.24. The topological polar surface area (TPSA) is 101 Å². The molecule has 0 aliphatic rings. The maximum Gasteiger partial charge on any atom is 0.349 e. The highest BCUT2D eigenvalue weighted by molar-refractivity contribution is 6.00. The van der Waals surface area contributed by atoms with Gasteiger partial charge in [-0.15, -0.1) is 0 Å². The second-order valence-corrected chi connectivity index (χ2v) is 4.75. The molecule has 0 saturated carbocycles. The van der Waals surface area contributed by atoms with Crippen molar-refractivity contribution >= 4 is 17.9 Å². The standard InChI is InChI=1S/C17H14O6/c18-15(19)13(11-7-3-1-4-8-11)17(22)23-14(16(20)21)12-9-5-2-6-10-12/h1-10,13-14H,(H,18,19)(H,20,21). The molecule has 23 heavy (non-hydrogen) atoms. The Bertz CT molecular complexity index is 696. The smallest absolute Gasteiger partial charge is 0.349 e. The number of hydrogen-bond acceptors (Lipinski definition) is 4. The van der Waals surface area contributed by atoms with Crippen LogP contribution in [-0.2, 0) is 19.1 Å². The van der Waals surface area contributed by atoms with Gasteiger partial charge in [0.15, 0.2) is 5.92 Å². The van der Waals surface area contributed by atoms with Crippen LogP contribution < -0.4 is 0 Å². The average molecular weight is 314 g/mol. The lowest BCUT2D eigenvalue weighted by molar-refractivity contribution is -0.168. The van der Waals surface area contributed by atoms with E-state index >= 15 is 0 Å². The van der Waals surface area contributed by atoms with Crippen LogP contribution in [0.5, 0.6) is 0 Å². The van der Waals surface area contributed by atoms with Crippen LogP contribution in [-0.4, -0.2) is 28.1 Å². The van der Waals surface area contributed by atoms with E-state index in [1.165, 1.54) is 24.3 Å². The monoisotopic (exact) mass is 314 g/mol. The average Bonchev–Trinajstić information content (AvgIpc) is 2.54. The third-order valence-corrected chi connectivity index (χ3v) is 3.18. The summed E-state index contributed by atoms with van der Waals surface area (Å²) in [4.78, 5) is 34.9. The fourth-order valence-electron chi connectivity index (χ4n) is 2.10. The Morgan fingerprint density at radius 1 is 0.739 bits per heavy atom. The predicted molar refractivity (Wildman–Crippen MR) is 79.7 cm³/mol. The molecule has 6 heteroatoms. The van der Waals surface area contributed by atoms with Crippen LogP contribution in [0.2, 0.25) is 0 Å². The number of carbonyl (C=O) groups is 3. The van der Waals surface area contributed by atoms with Crippen molar-refractivity contribution in [3.05, 3.63) is 71.8 Å². The summed E-state index contributed by atoms with van der Waals surface area (Å²) in [5, 5.41) is 18.5. The van der Waals surface area contributed by atoms with E-state index in [-0.39, 0.29) is 11.1 Å². The van der Waals surface area contributed by atoms with Gasteiger partial charge in [-0.05, 0) is 5.56 Å². The molecule has 0 spiro atoms. The molecule has 0 fully saturated rings. The minimum atomic E-state index is -1.58. The van der Waals surface area contributed by atoms with Gasteiger partial charge in [-0.25, -0.2) is 4.79 Å². The van der Waals surface area contributed by atoms with Crippen molar-refractivity contribution in [3.63, 3.8) is 0 Å². The van der Waals surface area contributed by atoms with Crippen molar-refractivity contribution in [2.24, 2.45) is 0 Å². The van der Waals surface area contributed by atoms with Crippen LogP contribution in [0.15, 0.2) is 60.7 Å². The molecule has 0 aromatic heterocycles. The van der Waals surface area contributed by atoms with Gasteiger partial charge < -0.3 is 14.9 Å². The molecule has 0 bridgehead atoms. The van der Waals surface area contributed by atoms with Gasteiger partial charge in [-0.1, -0.05) is 60.7 Å². The third-order valence-electron chi connectivity index (χ3n) is 3.18. The lowest BCUT2D eigenvalue weighted by atomic mass is 9.99. The normalized spacial score (nSPS) is 12.9. The first-order chi connectivity index (χ1) is 11.0. The van der Waals surface area contributed by atoms with Crippen molar-refractivity contribution in [1.29, 1.82) is 0 Å². The Balaban J connectivity index is 2.27. The van der Waals surface area contributed by atoms with E-state index in [4.69, 9.17) is 4.74 Å². The van der Waals surface area contributed by atoms with E-state index in [1.807, 2.05) is 0 Å². The summed E-state index contributed by atoms with van der Waals surface area (Å²) in [5.74, 6) is -5.48. The Morgan fingerprint density at radius 2 is 1.22 bits per heavy atom. The van der Waals surface area contributed by atoms with Crippen molar-refractivity contribution in [3.8, 4) is 0 Å². The second kappa shape index (κ2) is 7.22. The fraction of sp³-hybridized carbons (Fsp3) is 0.118. The van der Waals surface area contributed by atoms with Crippen molar-refractivity contribution in [2.45, 2.75) is 12.0 Å². The zero-order chi connectivity index (χ0) is 16.8. The predicted octanol–water partition coefficient (Wildman–Crippen LogP) is 2.22. The number of aliphatic carboxylic acids is 2. The van der Waals surface area contributed by atoms with Crippen LogP contribution in [0.3, 0.4) is 0 Å². The number of hydrogen-bond donors (Lipinski definition) is 2. The number of ether oxygens (including phenoxy) is 1. The summed E-state index contributed by atoms with van der Waals surface area (Å²) in [6.45, 7) is 0. The third kappa shape index (κ3) is 3.94. The summed E-state index contributed by atoms with van der Waals surface area (Å²) in [6.07, 6.45) is -1.56. The maximum atomic E-state index is 12.2. The largest absolute Gasteiger partial charge is 0.480 e. The molecular weight excluding hydrogens is 300 g/mol. The lowest BCUT2D eigenvalue weighted by Gasteiger charge is -2.17. The van der Waals surface area contributed by atoms with Gasteiger partial charge in [0.25, 0.3) is 0 Å². The molecule has 0 heterocycles. The quantitative estimate of drug-likeness (QED) is 0.626. The molecule has 0 aliphatic carbocycles. The van der Waals surface area contributed by atoms with E-state index in [1.54, 1.807) is 36.4 Å².